The van der Waals surface area contributed by atoms with E-state index in [4.69, 9.17) is 0 Å². The number of benzene rings is 1. The zero-order chi connectivity index (χ0) is 13.3. The molecule has 7 heteroatoms. The summed E-state index contributed by atoms with van der Waals surface area (Å²) in [6.07, 6.45) is 1.05. The van der Waals surface area contributed by atoms with Gasteiger partial charge in [-0.3, -0.25) is 9.59 Å². The Bertz CT molecular complexity index is 587. The largest absolute Gasteiger partial charge is 0.360 e. The molecule has 0 atom stereocenters. The summed E-state index contributed by atoms with van der Waals surface area (Å²) in [6.45, 7) is 1.84. The number of aryl methyl sites for hydroxylation is 1. The summed E-state index contributed by atoms with van der Waals surface area (Å²) in [7, 11) is 0. The molecule has 0 unspecified atom stereocenters. The van der Waals surface area contributed by atoms with Crippen molar-refractivity contribution in [1.82, 2.24) is 5.01 Å². The number of rotatable bonds is 2. The van der Waals surface area contributed by atoms with Gasteiger partial charge in [-0.25, -0.2) is 14.5 Å². The fourth-order valence-corrected chi connectivity index (χ4v) is 1.51. The van der Waals surface area contributed by atoms with Gasteiger partial charge in [0.2, 0.25) is 0 Å². The van der Waals surface area contributed by atoms with Crippen molar-refractivity contribution in [3.63, 3.8) is 0 Å². The molecular weight excluding hydrogens is 238 g/mol. The first kappa shape index (κ1) is 11.7. The maximum Gasteiger partial charge on any atom is 0.360 e. The Labute approximate surface area is 101 Å². The average Bonchev–Trinajstić information content (AvgIpc) is 2.56. The topological polar surface area (TPSA) is 87.1 Å². The van der Waals surface area contributed by atoms with E-state index >= 15 is 0 Å². The first-order chi connectivity index (χ1) is 8.56. The van der Waals surface area contributed by atoms with Crippen LogP contribution in [0.15, 0.2) is 29.4 Å². The molecule has 1 aliphatic rings. The van der Waals surface area contributed by atoms with Crippen molar-refractivity contribution in [2.24, 2.45) is 5.10 Å². The van der Waals surface area contributed by atoms with Crippen LogP contribution in [-0.2, 0) is 14.4 Å². The van der Waals surface area contributed by atoms with Gasteiger partial charge >= 0.3 is 17.8 Å². The van der Waals surface area contributed by atoms with Crippen molar-refractivity contribution in [2.75, 3.05) is 4.90 Å². The summed E-state index contributed by atoms with van der Waals surface area (Å²) >= 11 is 0. The van der Waals surface area contributed by atoms with E-state index in [0.717, 1.165) is 11.6 Å². The molecule has 0 aromatic heterocycles. The standard InChI is InChI=1S/C11H7N3O4/c1-7-2-4-8(5-3-7)13-9(16)10(17)14(11(13)18)12-6-15/h2-5H,1H3. The predicted octanol–water partition coefficient (Wildman–Crippen LogP) is 0.541. The summed E-state index contributed by atoms with van der Waals surface area (Å²) in [4.78, 5) is 45.5. The van der Waals surface area contributed by atoms with Gasteiger partial charge in [-0.15, -0.1) is 5.01 Å². The van der Waals surface area contributed by atoms with Gasteiger partial charge in [0.15, 0.2) is 0 Å². The number of imide groups is 2. The van der Waals surface area contributed by atoms with E-state index in [1.165, 1.54) is 12.1 Å². The number of hydrogen-bond donors (Lipinski definition) is 0. The Morgan fingerprint density at radius 2 is 1.67 bits per heavy atom. The van der Waals surface area contributed by atoms with Gasteiger partial charge in [0.25, 0.3) is 6.08 Å². The molecule has 0 saturated carbocycles. The average molecular weight is 245 g/mol. The Balaban J connectivity index is 2.43. The summed E-state index contributed by atoms with van der Waals surface area (Å²) in [5.41, 5.74) is 1.18. The smallest absolute Gasteiger partial charge is 0.262 e. The van der Waals surface area contributed by atoms with E-state index in [1.807, 2.05) is 6.92 Å². The van der Waals surface area contributed by atoms with Gasteiger partial charge in [0.05, 0.1) is 5.69 Å². The molecule has 18 heavy (non-hydrogen) atoms. The van der Waals surface area contributed by atoms with Crippen LogP contribution in [-0.4, -0.2) is 28.9 Å². The lowest BCUT2D eigenvalue weighted by Crippen LogP contribution is -2.31. The Kier molecular flexibility index (Phi) is 2.75. The highest BCUT2D eigenvalue weighted by Gasteiger charge is 2.46. The molecule has 0 bridgehead atoms. The lowest BCUT2D eigenvalue weighted by molar-refractivity contribution is -0.139. The molecule has 0 aliphatic carbocycles. The van der Waals surface area contributed by atoms with Crippen LogP contribution in [0.25, 0.3) is 0 Å². The number of hydrazone groups is 1. The molecule has 1 saturated heterocycles. The predicted molar refractivity (Wildman–Crippen MR) is 59.0 cm³/mol. The molecule has 0 N–H and O–H groups in total. The number of urea groups is 1. The molecule has 90 valence electrons. The summed E-state index contributed by atoms with van der Waals surface area (Å²) < 4.78 is 0. The minimum atomic E-state index is -1.18. The lowest BCUT2D eigenvalue weighted by atomic mass is 10.2. The van der Waals surface area contributed by atoms with Crippen LogP contribution in [0.5, 0.6) is 0 Å². The molecule has 1 fully saturated rings. The van der Waals surface area contributed by atoms with E-state index in [2.05, 4.69) is 5.10 Å². The van der Waals surface area contributed by atoms with Crippen LogP contribution in [0, 0.1) is 6.92 Å². The number of nitrogens with zero attached hydrogens (tertiary/aromatic N) is 3. The molecule has 1 heterocycles. The first-order valence-corrected chi connectivity index (χ1v) is 4.93. The fraction of sp³-hybridized carbons (Fsp3) is 0.0909. The number of isocyanates is 1. The van der Waals surface area contributed by atoms with E-state index in [0.29, 0.717) is 4.90 Å². The van der Waals surface area contributed by atoms with E-state index in [9.17, 15) is 19.2 Å². The summed E-state index contributed by atoms with van der Waals surface area (Å²) in [5.74, 6) is -2.23. The SMILES string of the molecule is Cc1ccc(N2C(=O)C(=O)N(N=C=O)C2=O)cc1. The molecule has 1 aliphatic heterocycles. The molecule has 0 spiro atoms. The van der Waals surface area contributed by atoms with Crippen molar-refractivity contribution in [1.29, 1.82) is 0 Å². The summed E-state index contributed by atoms with van der Waals surface area (Å²) in [6, 6.07) is 5.43. The van der Waals surface area contributed by atoms with Crippen molar-refractivity contribution in [3.05, 3.63) is 29.8 Å². The first-order valence-electron chi connectivity index (χ1n) is 4.93. The third-order valence-corrected chi connectivity index (χ3v) is 2.38. The van der Waals surface area contributed by atoms with Crippen LogP contribution >= 0.6 is 0 Å². The number of hydrogen-bond acceptors (Lipinski definition) is 5. The Morgan fingerprint density at radius 1 is 1.06 bits per heavy atom. The second kappa shape index (κ2) is 4.23. The molecular formula is C11H7N3O4. The van der Waals surface area contributed by atoms with Crippen LogP contribution in [0.1, 0.15) is 5.56 Å². The van der Waals surface area contributed by atoms with Gasteiger partial charge in [-0.05, 0) is 19.1 Å². The fourth-order valence-electron chi connectivity index (χ4n) is 1.51. The van der Waals surface area contributed by atoms with Crippen LogP contribution in [0.4, 0.5) is 10.5 Å². The van der Waals surface area contributed by atoms with E-state index < -0.39 is 17.8 Å². The zero-order valence-electron chi connectivity index (χ0n) is 9.28. The molecule has 7 nitrogen and oxygen atoms in total. The zero-order valence-corrected chi connectivity index (χ0v) is 9.28. The Morgan fingerprint density at radius 3 is 2.22 bits per heavy atom. The maximum atomic E-state index is 11.7. The number of amides is 4. The van der Waals surface area contributed by atoms with Gasteiger partial charge < -0.3 is 0 Å². The van der Waals surface area contributed by atoms with Crippen LogP contribution < -0.4 is 4.90 Å². The van der Waals surface area contributed by atoms with Crippen LogP contribution in [0.3, 0.4) is 0 Å². The quantitative estimate of drug-likeness (QED) is 0.329. The van der Waals surface area contributed by atoms with Gasteiger partial charge in [0.1, 0.15) is 0 Å². The van der Waals surface area contributed by atoms with Crippen molar-refractivity contribution < 1.29 is 19.2 Å². The highest BCUT2D eigenvalue weighted by atomic mass is 16.2. The van der Waals surface area contributed by atoms with Gasteiger partial charge in [-0.2, -0.15) is 0 Å². The molecule has 4 amide bonds. The Hall–Kier alpha value is -2.79. The highest BCUT2D eigenvalue weighted by Crippen LogP contribution is 2.22. The number of carbonyl (C=O) groups is 3. The molecule has 1 aromatic rings. The third-order valence-electron chi connectivity index (χ3n) is 2.38. The van der Waals surface area contributed by atoms with Crippen molar-refractivity contribution in [2.45, 2.75) is 6.92 Å². The van der Waals surface area contributed by atoms with E-state index in [-0.39, 0.29) is 10.7 Å². The molecule has 0 radical (unpaired) electrons. The van der Waals surface area contributed by atoms with E-state index in [1.54, 1.807) is 12.1 Å². The molecule has 2 rings (SSSR count). The second-order valence-electron chi connectivity index (χ2n) is 3.57. The highest BCUT2D eigenvalue weighted by molar-refractivity contribution is 6.52. The molecule has 1 aromatic carbocycles. The van der Waals surface area contributed by atoms with Crippen LogP contribution in [0.2, 0.25) is 0 Å². The normalized spacial score (nSPS) is 15.1. The monoisotopic (exact) mass is 245 g/mol. The summed E-state index contributed by atoms with van der Waals surface area (Å²) in [5, 5.41) is 3.09. The van der Waals surface area contributed by atoms with Gasteiger partial charge in [-0.1, -0.05) is 22.8 Å². The lowest BCUT2D eigenvalue weighted by Gasteiger charge is -2.11. The maximum absolute atomic E-state index is 11.7. The minimum Gasteiger partial charge on any atom is -0.262 e. The third kappa shape index (κ3) is 1.68. The number of anilines is 1. The van der Waals surface area contributed by atoms with Gasteiger partial charge in [0, 0.05) is 0 Å². The van der Waals surface area contributed by atoms with Crippen molar-refractivity contribution >= 4 is 29.6 Å². The second-order valence-corrected chi connectivity index (χ2v) is 3.57. The minimum absolute atomic E-state index is 0.190. The number of carbonyl (C=O) groups excluding carboxylic acids is 4. The van der Waals surface area contributed by atoms with Crippen molar-refractivity contribution in [3.8, 4) is 0 Å².